The smallest absolute Gasteiger partial charge is 0.191 e. The minimum atomic E-state index is 0. The summed E-state index contributed by atoms with van der Waals surface area (Å²) in [5.41, 5.74) is 0.182. The summed E-state index contributed by atoms with van der Waals surface area (Å²) in [6.07, 6.45) is 4.26. The predicted molar refractivity (Wildman–Crippen MR) is 98.9 cm³/mol. The average Bonchev–Trinajstić information content (AvgIpc) is 3.17. The van der Waals surface area contributed by atoms with Crippen molar-refractivity contribution in [3.8, 4) is 0 Å². The molecule has 1 heterocycles. The van der Waals surface area contributed by atoms with E-state index >= 15 is 0 Å². The molecule has 0 aromatic carbocycles. The van der Waals surface area contributed by atoms with Crippen LogP contribution in [0.3, 0.4) is 0 Å². The van der Waals surface area contributed by atoms with Gasteiger partial charge in [0.2, 0.25) is 0 Å². The highest BCUT2D eigenvalue weighted by Crippen LogP contribution is 2.52. The van der Waals surface area contributed by atoms with Gasteiger partial charge in [-0.2, -0.15) is 0 Å². The molecule has 6 heteroatoms. The molecule has 0 spiro atoms. The summed E-state index contributed by atoms with van der Waals surface area (Å²) in [7, 11) is 1.83. The minimum Gasteiger partial charge on any atom is -0.379 e. The number of hydrogen-bond donors (Lipinski definition) is 2. The van der Waals surface area contributed by atoms with Crippen molar-refractivity contribution in [3.63, 3.8) is 0 Å². The van der Waals surface area contributed by atoms with Crippen LogP contribution in [0.2, 0.25) is 0 Å². The number of rotatable bonds is 6. The summed E-state index contributed by atoms with van der Waals surface area (Å²) < 4.78 is 11.5. The van der Waals surface area contributed by atoms with Crippen LogP contribution in [-0.2, 0) is 9.47 Å². The number of ether oxygens (including phenoxy) is 2. The zero-order chi connectivity index (χ0) is 14.9. The van der Waals surface area contributed by atoms with E-state index < -0.39 is 0 Å². The molecule has 3 fully saturated rings. The van der Waals surface area contributed by atoms with Crippen LogP contribution >= 0.6 is 24.0 Å². The first-order chi connectivity index (χ1) is 10.1. The molecular formula is C16H30IN3O2. The molecule has 3 unspecified atom stereocenters. The lowest BCUT2D eigenvalue weighted by molar-refractivity contribution is -0.106. The van der Waals surface area contributed by atoms with Crippen molar-refractivity contribution in [3.05, 3.63) is 0 Å². The Morgan fingerprint density at radius 2 is 2.09 bits per heavy atom. The van der Waals surface area contributed by atoms with E-state index in [0.717, 1.165) is 44.7 Å². The maximum atomic E-state index is 5.83. The average molecular weight is 423 g/mol. The zero-order valence-electron chi connectivity index (χ0n) is 13.9. The van der Waals surface area contributed by atoms with Crippen molar-refractivity contribution in [1.29, 1.82) is 0 Å². The summed E-state index contributed by atoms with van der Waals surface area (Å²) in [4.78, 5) is 4.33. The Bertz CT molecular complexity index is 399. The third-order valence-corrected chi connectivity index (χ3v) is 5.21. The van der Waals surface area contributed by atoms with Gasteiger partial charge in [0.1, 0.15) is 0 Å². The van der Waals surface area contributed by atoms with Gasteiger partial charge in [0.15, 0.2) is 5.96 Å². The van der Waals surface area contributed by atoms with E-state index in [1.54, 1.807) is 0 Å². The zero-order valence-corrected chi connectivity index (χ0v) is 16.3. The van der Waals surface area contributed by atoms with Crippen LogP contribution in [0.15, 0.2) is 4.99 Å². The summed E-state index contributed by atoms with van der Waals surface area (Å²) in [6, 6.07) is 0.448. The molecule has 3 atom stereocenters. The second-order valence-corrected chi connectivity index (χ2v) is 7.20. The van der Waals surface area contributed by atoms with E-state index in [9.17, 15) is 0 Å². The van der Waals surface area contributed by atoms with Gasteiger partial charge in [0, 0.05) is 44.2 Å². The molecule has 3 aliphatic rings. The SMILES string of the molecule is CN=C(NCCOCC1CC1)NC1C2CCOC2C1(C)C.I. The summed E-state index contributed by atoms with van der Waals surface area (Å²) >= 11 is 0. The van der Waals surface area contributed by atoms with Crippen LogP contribution in [-0.4, -0.2) is 51.5 Å². The van der Waals surface area contributed by atoms with Crippen molar-refractivity contribution in [2.45, 2.75) is 45.3 Å². The number of fused-ring (bicyclic) bond motifs is 1. The van der Waals surface area contributed by atoms with Crippen molar-refractivity contribution < 1.29 is 9.47 Å². The van der Waals surface area contributed by atoms with Crippen molar-refractivity contribution in [2.75, 3.05) is 33.4 Å². The molecule has 22 heavy (non-hydrogen) atoms. The number of halogens is 1. The van der Waals surface area contributed by atoms with Gasteiger partial charge in [-0.05, 0) is 25.2 Å². The lowest BCUT2D eigenvalue weighted by atomic mass is 9.57. The maximum Gasteiger partial charge on any atom is 0.191 e. The van der Waals surface area contributed by atoms with E-state index in [1.807, 2.05) is 7.05 Å². The minimum absolute atomic E-state index is 0. The fourth-order valence-electron chi connectivity index (χ4n) is 3.74. The largest absolute Gasteiger partial charge is 0.379 e. The molecule has 2 aliphatic carbocycles. The van der Waals surface area contributed by atoms with Gasteiger partial charge in [0.05, 0.1) is 12.7 Å². The fourth-order valence-corrected chi connectivity index (χ4v) is 3.74. The Balaban J connectivity index is 0.00000176. The molecule has 2 N–H and O–H groups in total. The highest BCUT2D eigenvalue weighted by Gasteiger charge is 2.59. The predicted octanol–water partition coefficient (Wildman–Crippen LogP) is 2.01. The standard InChI is InChI=1S/C16H29N3O2.HI/c1-16(2)13(12-6-8-21-14(12)16)19-15(17-3)18-7-9-20-10-11-4-5-11;/h11-14H,4-10H2,1-3H3,(H2,17,18,19);1H. The highest BCUT2D eigenvalue weighted by molar-refractivity contribution is 14.0. The molecular weight excluding hydrogens is 393 g/mol. The van der Waals surface area contributed by atoms with Gasteiger partial charge in [-0.15, -0.1) is 24.0 Å². The summed E-state index contributed by atoms with van der Waals surface area (Å²) in [6.45, 7) is 7.94. The first-order valence-corrected chi connectivity index (χ1v) is 8.29. The number of hydrogen-bond acceptors (Lipinski definition) is 3. The fraction of sp³-hybridized carbons (Fsp3) is 0.938. The second-order valence-electron chi connectivity index (χ2n) is 7.20. The van der Waals surface area contributed by atoms with Gasteiger partial charge in [-0.1, -0.05) is 13.8 Å². The second kappa shape index (κ2) is 7.66. The molecule has 0 radical (unpaired) electrons. The third kappa shape index (κ3) is 3.87. The number of nitrogens with one attached hydrogen (secondary N) is 2. The molecule has 0 amide bonds. The monoisotopic (exact) mass is 423 g/mol. The van der Waals surface area contributed by atoms with E-state index in [0.29, 0.717) is 18.1 Å². The normalized spacial score (nSPS) is 32.7. The first kappa shape index (κ1) is 18.3. The topological polar surface area (TPSA) is 54.9 Å². The van der Waals surface area contributed by atoms with Crippen molar-refractivity contribution in [1.82, 2.24) is 10.6 Å². The van der Waals surface area contributed by atoms with Crippen LogP contribution in [0.1, 0.15) is 33.1 Å². The Morgan fingerprint density at radius 1 is 1.32 bits per heavy atom. The highest BCUT2D eigenvalue weighted by atomic mass is 127. The molecule has 1 aliphatic heterocycles. The van der Waals surface area contributed by atoms with Gasteiger partial charge < -0.3 is 20.1 Å². The van der Waals surface area contributed by atoms with Crippen LogP contribution in [0.4, 0.5) is 0 Å². The van der Waals surface area contributed by atoms with E-state index in [2.05, 4.69) is 29.5 Å². The summed E-state index contributed by atoms with van der Waals surface area (Å²) in [5.74, 6) is 2.34. The molecule has 1 saturated heterocycles. The van der Waals surface area contributed by atoms with Crippen LogP contribution in [0, 0.1) is 17.3 Å². The summed E-state index contributed by atoms with van der Waals surface area (Å²) in [5, 5.41) is 6.93. The molecule has 5 nitrogen and oxygen atoms in total. The molecule has 2 saturated carbocycles. The number of nitrogens with zero attached hydrogens (tertiary/aromatic N) is 1. The Labute approximate surface area is 151 Å². The van der Waals surface area contributed by atoms with Crippen molar-refractivity contribution in [2.24, 2.45) is 22.2 Å². The first-order valence-electron chi connectivity index (χ1n) is 8.29. The number of guanidine groups is 1. The number of aliphatic imine (C=N–C) groups is 1. The molecule has 128 valence electrons. The Morgan fingerprint density at radius 3 is 2.77 bits per heavy atom. The molecule has 3 rings (SSSR count). The third-order valence-electron chi connectivity index (χ3n) is 5.21. The van der Waals surface area contributed by atoms with Gasteiger partial charge in [0.25, 0.3) is 0 Å². The van der Waals surface area contributed by atoms with Crippen LogP contribution in [0.5, 0.6) is 0 Å². The Kier molecular flexibility index (Phi) is 6.36. The maximum absolute atomic E-state index is 5.83. The quantitative estimate of drug-likeness (QED) is 0.297. The lowest BCUT2D eigenvalue weighted by Crippen LogP contribution is -2.68. The Hall–Kier alpha value is -0.0800. The van der Waals surface area contributed by atoms with Crippen LogP contribution in [0.25, 0.3) is 0 Å². The van der Waals surface area contributed by atoms with Crippen molar-refractivity contribution >= 4 is 29.9 Å². The van der Waals surface area contributed by atoms with Gasteiger partial charge in [-0.3, -0.25) is 4.99 Å². The van der Waals surface area contributed by atoms with E-state index in [4.69, 9.17) is 9.47 Å². The molecule has 0 bridgehead atoms. The van der Waals surface area contributed by atoms with E-state index in [1.165, 1.54) is 12.8 Å². The molecule has 0 aromatic heterocycles. The van der Waals surface area contributed by atoms with Gasteiger partial charge in [-0.25, -0.2) is 0 Å². The molecule has 0 aromatic rings. The van der Waals surface area contributed by atoms with E-state index in [-0.39, 0.29) is 29.4 Å². The van der Waals surface area contributed by atoms with Crippen LogP contribution < -0.4 is 10.6 Å². The lowest BCUT2D eigenvalue weighted by Gasteiger charge is -2.54. The van der Waals surface area contributed by atoms with Gasteiger partial charge >= 0.3 is 0 Å².